The van der Waals surface area contributed by atoms with Gasteiger partial charge in [-0.05, 0) is 55.7 Å². The summed E-state index contributed by atoms with van der Waals surface area (Å²) in [7, 11) is -9.57. The summed E-state index contributed by atoms with van der Waals surface area (Å²) in [5, 5.41) is 2.66. The van der Waals surface area contributed by atoms with E-state index < -0.39 is 33.5 Å². The van der Waals surface area contributed by atoms with Crippen molar-refractivity contribution >= 4 is 39.1 Å². The Labute approximate surface area is 256 Å². The number of hydrogen-bond donors (Lipinski definition) is 6. The fourth-order valence-electron chi connectivity index (χ4n) is 5.04. The topological polar surface area (TPSA) is 211 Å². The summed E-state index contributed by atoms with van der Waals surface area (Å²) < 4.78 is 33.8. The minimum atomic E-state index is -4.90. The molecule has 0 bridgehead atoms. The van der Waals surface area contributed by atoms with E-state index >= 15 is 0 Å². The minimum Gasteiger partial charge on any atom is -0.403 e. The van der Waals surface area contributed by atoms with Crippen LogP contribution in [-0.2, 0) is 31.4 Å². The van der Waals surface area contributed by atoms with Crippen molar-refractivity contribution in [3.63, 3.8) is 0 Å². The lowest BCUT2D eigenvalue weighted by molar-refractivity contribution is -0.120. The quantitative estimate of drug-likeness (QED) is 0.101. The molecule has 242 valence electrons. The first-order valence-electron chi connectivity index (χ1n) is 13.9. The summed E-state index contributed by atoms with van der Waals surface area (Å²) in [6, 6.07) is 3.32. The molecule has 2 amide bonds. The Bertz CT molecular complexity index is 1390. The van der Waals surface area contributed by atoms with E-state index in [1.165, 1.54) is 18.2 Å². The van der Waals surface area contributed by atoms with Crippen LogP contribution in [0.3, 0.4) is 0 Å². The van der Waals surface area contributed by atoms with Crippen LogP contribution in [0.5, 0.6) is 5.75 Å². The maximum absolute atomic E-state index is 13.9. The largest absolute Gasteiger partial charge is 0.524 e. The lowest BCUT2D eigenvalue weighted by atomic mass is 9.93. The molecule has 1 aromatic carbocycles. The maximum atomic E-state index is 13.9. The third kappa shape index (κ3) is 11.3. The fourth-order valence-corrected chi connectivity index (χ4v) is 6.09. The summed E-state index contributed by atoms with van der Waals surface area (Å²) in [6.45, 7) is 9.64. The number of carbonyl (C=O) groups is 2. The van der Waals surface area contributed by atoms with Crippen molar-refractivity contribution in [3.8, 4) is 16.9 Å². The van der Waals surface area contributed by atoms with Gasteiger partial charge in [-0.25, -0.2) is 9.13 Å². The average Bonchev–Trinajstić information content (AvgIpc) is 3.12. The van der Waals surface area contributed by atoms with Gasteiger partial charge in [0.25, 0.3) is 5.91 Å². The summed E-state index contributed by atoms with van der Waals surface area (Å²) in [4.78, 5) is 62.8. The molecule has 0 saturated carbocycles. The van der Waals surface area contributed by atoms with E-state index in [4.69, 9.17) is 27.1 Å². The highest BCUT2D eigenvalue weighted by molar-refractivity contribution is 7.46. The third-order valence-electron chi connectivity index (χ3n) is 6.76. The van der Waals surface area contributed by atoms with Gasteiger partial charge in [0.2, 0.25) is 5.91 Å². The van der Waals surface area contributed by atoms with Crippen molar-refractivity contribution in [1.82, 2.24) is 9.88 Å². The Hall–Kier alpha value is -2.21. The molecule has 0 saturated heterocycles. The van der Waals surface area contributed by atoms with E-state index in [1.807, 2.05) is 18.4 Å². The summed E-state index contributed by atoms with van der Waals surface area (Å²) in [6.07, 6.45) is 2.83. The highest BCUT2D eigenvalue weighted by atomic mass is 35.5. The van der Waals surface area contributed by atoms with Crippen molar-refractivity contribution < 1.29 is 47.3 Å². The average molecular weight is 666 g/mol. The molecule has 13 nitrogen and oxygen atoms in total. The van der Waals surface area contributed by atoms with Gasteiger partial charge in [0.05, 0.1) is 17.2 Å². The molecule has 43 heavy (non-hydrogen) atoms. The van der Waals surface area contributed by atoms with Crippen LogP contribution in [0.1, 0.15) is 75.1 Å². The lowest BCUT2D eigenvalue weighted by Gasteiger charge is -2.19. The molecular weight excluding hydrogens is 624 g/mol. The number of phosphoric ester groups is 2. The second kappa shape index (κ2) is 15.7. The fraction of sp³-hybridized carbons (Fsp3) is 0.556. The van der Waals surface area contributed by atoms with Gasteiger partial charge in [-0.15, -0.1) is 0 Å². The first kappa shape index (κ1) is 37.0. The van der Waals surface area contributed by atoms with Crippen LogP contribution in [0, 0.1) is 18.8 Å². The van der Waals surface area contributed by atoms with Gasteiger partial charge in [-0.3, -0.25) is 23.9 Å². The number of halogens is 1. The van der Waals surface area contributed by atoms with Crippen LogP contribution in [0.4, 0.5) is 0 Å². The Morgan fingerprint density at radius 3 is 2.28 bits per heavy atom. The second-order valence-electron chi connectivity index (χ2n) is 11.0. The zero-order chi connectivity index (χ0) is 32.7. The van der Waals surface area contributed by atoms with E-state index in [2.05, 4.69) is 28.2 Å². The molecule has 2 atom stereocenters. The van der Waals surface area contributed by atoms with Crippen molar-refractivity contribution in [2.24, 2.45) is 17.6 Å². The van der Waals surface area contributed by atoms with Gasteiger partial charge in [-0.1, -0.05) is 58.2 Å². The number of aromatic nitrogens is 1. The highest BCUT2D eigenvalue weighted by Gasteiger charge is 2.30. The van der Waals surface area contributed by atoms with Crippen LogP contribution in [0.25, 0.3) is 11.1 Å². The van der Waals surface area contributed by atoms with Crippen molar-refractivity contribution in [1.29, 1.82) is 0 Å². The number of amides is 2. The Morgan fingerprint density at radius 2 is 1.77 bits per heavy atom. The summed E-state index contributed by atoms with van der Waals surface area (Å²) in [5.41, 5.74) is 8.06. The lowest BCUT2D eigenvalue weighted by Crippen LogP contribution is -2.45. The van der Waals surface area contributed by atoms with E-state index in [9.17, 15) is 28.5 Å². The van der Waals surface area contributed by atoms with Gasteiger partial charge >= 0.3 is 15.6 Å². The summed E-state index contributed by atoms with van der Waals surface area (Å²) in [5.74, 6) is -1.26. The van der Waals surface area contributed by atoms with Gasteiger partial charge in [0.1, 0.15) is 11.8 Å². The molecule has 0 fully saturated rings. The van der Waals surface area contributed by atoms with Gasteiger partial charge in [-0.2, -0.15) is 0 Å². The molecule has 2 unspecified atom stereocenters. The first-order valence-corrected chi connectivity index (χ1v) is 17.4. The van der Waals surface area contributed by atoms with E-state index in [0.29, 0.717) is 29.7 Å². The number of primary amides is 1. The van der Waals surface area contributed by atoms with Gasteiger partial charge in [0, 0.05) is 23.5 Å². The molecular formula is C27H42ClN3O10P2. The molecule has 2 aromatic rings. The first-order chi connectivity index (χ1) is 19.8. The summed E-state index contributed by atoms with van der Waals surface area (Å²) >= 11 is 6.37. The third-order valence-corrected chi connectivity index (χ3v) is 8.01. The SMILES string of the molecule is CCCC(C)Cc1c(-c2ccc(OP(=O)(O)O)c(Cl)c2)c(C(=O)NC(CC(C)C)C(N)=O)c(C)n1CCCOP(=O)(O)O. The molecule has 0 radical (unpaired) electrons. The molecule has 16 heteroatoms. The zero-order valence-corrected chi connectivity index (χ0v) is 27.5. The zero-order valence-electron chi connectivity index (χ0n) is 24.9. The van der Waals surface area contributed by atoms with Crippen LogP contribution in [0.15, 0.2) is 18.2 Å². The normalized spacial score (nSPS) is 13.7. The van der Waals surface area contributed by atoms with Crippen LogP contribution < -0.4 is 15.6 Å². The molecule has 0 aliphatic rings. The van der Waals surface area contributed by atoms with Gasteiger partial charge in [0.15, 0.2) is 0 Å². The Balaban J connectivity index is 2.77. The van der Waals surface area contributed by atoms with Crippen LogP contribution >= 0.6 is 27.2 Å². The molecule has 1 heterocycles. The molecule has 1 aromatic heterocycles. The van der Waals surface area contributed by atoms with Crippen molar-refractivity contribution in [2.45, 2.75) is 79.3 Å². The number of nitrogens with zero attached hydrogens (tertiary/aromatic N) is 1. The van der Waals surface area contributed by atoms with E-state index in [-0.39, 0.29) is 47.7 Å². The number of nitrogens with two attached hydrogens (primary N) is 1. The molecule has 0 spiro atoms. The predicted octanol–water partition coefficient (Wildman–Crippen LogP) is 4.70. The molecule has 0 aliphatic carbocycles. The maximum Gasteiger partial charge on any atom is 0.524 e. The number of phosphoric acid groups is 2. The minimum absolute atomic E-state index is 0.0582. The van der Waals surface area contributed by atoms with Crippen molar-refractivity contribution in [2.75, 3.05) is 6.61 Å². The van der Waals surface area contributed by atoms with E-state index in [1.54, 1.807) is 6.92 Å². The molecule has 7 N–H and O–H groups in total. The Kier molecular flexibility index (Phi) is 13.5. The van der Waals surface area contributed by atoms with Gasteiger partial charge < -0.3 is 29.9 Å². The highest BCUT2D eigenvalue weighted by Crippen LogP contribution is 2.44. The Morgan fingerprint density at radius 1 is 1.12 bits per heavy atom. The number of rotatable bonds is 17. The molecule has 0 aliphatic heterocycles. The smallest absolute Gasteiger partial charge is 0.403 e. The number of hydrogen-bond acceptors (Lipinski definition) is 6. The molecule has 2 rings (SSSR count). The number of benzene rings is 1. The van der Waals surface area contributed by atoms with Crippen molar-refractivity contribution in [3.05, 3.63) is 40.2 Å². The number of carbonyl (C=O) groups excluding carboxylic acids is 2. The second-order valence-corrected chi connectivity index (χ2v) is 13.8. The standard InChI is InChI=1S/C27H42ClN3O10P2/c1-6-8-17(4)14-22-25(19-9-10-23(20(28)15-19)41-43(37,38)39)24(27(33)30-21(26(29)32)13-16(2)3)18(5)31(22)11-7-12-40-42(34,35)36/h9-10,15-17,21H,6-8,11-14H2,1-5H3,(H2,29,32)(H,30,33)(H2,34,35,36)(H2,37,38,39). The van der Waals surface area contributed by atoms with Crippen LogP contribution in [-0.4, -0.2) is 48.6 Å². The van der Waals surface area contributed by atoms with Crippen LogP contribution in [0.2, 0.25) is 5.02 Å². The predicted molar refractivity (Wildman–Crippen MR) is 163 cm³/mol. The number of nitrogens with one attached hydrogen (secondary N) is 1. The monoisotopic (exact) mass is 665 g/mol. The van der Waals surface area contributed by atoms with E-state index in [0.717, 1.165) is 18.5 Å².